The van der Waals surface area contributed by atoms with E-state index in [2.05, 4.69) is 51.2 Å². The van der Waals surface area contributed by atoms with E-state index in [-0.39, 0.29) is 0 Å². The molecule has 1 fully saturated rings. The average molecular weight is 261 g/mol. The van der Waals surface area contributed by atoms with E-state index < -0.39 is 0 Å². The summed E-state index contributed by atoms with van der Waals surface area (Å²) in [5.41, 5.74) is 2.76. The highest BCUT2D eigenvalue weighted by molar-refractivity contribution is 5.36. The molecule has 0 amide bonds. The van der Waals surface area contributed by atoms with Crippen molar-refractivity contribution in [3.63, 3.8) is 0 Å². The third-order valence-electron chi connectivity index (χ3n) is 3.94. The summed E-state index contributed by atoms with van der Waals surface area (Å²) in [7, 11) is 0. The Morgan fingerprint density at radius 1 is 1.32 bits per heavy atom. The van der Waals surface area contributed by atoms with Crippen LogP contribution in [0.25, 0.3) is 0 Å². The number of hydrogen-bond acceptors (Lipinski definition) is 2. The summed E-state index contributed by atoms with van der Waals surface area (Å²) in [6.45, 7) is 9.98. The van der Waals surface area contributed by atoms with Gasteiger partial charge in [0, 0.05) is 6.04 Å². The van der Waals surface area contributed by atoms with Crippen LogP contribution in [0.2, 0.25) is 0 Å². The van der Waals surface area contributed by atoms with Gasteiger partial charge in [0.15, 0.2) is 0 Å². The van der Waals surface area contributed by atoms with Crippen LogP contribution >= 0.6 is 0 Å². The lowest BCUT2D eigenvalue weighted by Gasteiger charge is -2.36. The van der Waals surface area contributed by atoms with Gasteiger partial charge in [0.05, 0.1) is 0 Å². The van der Waals surface area contributed by atoms with Crippen LogP contribution < -0.4 is 10.1 Å². The van der Waals surface area contributed by atoms with Gasteiger partial charge in [-0.1, -0.05) is 26.8 Å². The van der Waals surface area contributed by atoms with E-state index in [1.54, 1.807) is 0 Å². The van der Waals surface area contributed by atoms with Gasteiger partial charge in [-0.2, -0.15) is 0 Å². The highest BCUT2D eigenvalue weighted by Crippen LogP contribution is 2.28. The fraction of sp³-hybridized carbons (Fsp3) is 0.647. The SMILES string of the molecule is CCCNC1CC(Oc2ccc(C(C)C)c(C)c2)C1. The average Bonchev–Trinajstić information content (AvgIpc) is 2.31. The number of nitrogens with one attached hydrogen (secondary N) is 1. The lowest BCUT2D eigenvalue weighted by atomic mass is 9.89. The molecule has 0 atom stereocenters. The van der Waals surface area contributed by atoms with E-state index in [9.17, 15) is 0 Å². The topological polar surface area (TPSA) is 21.3 Å². The fourth-order valence-corrected chi connectivity index (χ4v) is 2.74. The number of benzene rings is 1. The maximum absolute atomic E-state index is 6.04. The molecule has 1 aromatic rings. The smallest absolute Gasteiger partial charge is 0.120 e. The molecule has 1 aliphatic carbocycles. The lowest BCUT2D eigenvalue weighted by Crippen LogP contribution is -2.46. The third kappa shape index (κ3) is 3.73. The lowest BCUT2D eigenvalue weighted by molar-refractivity contribution is 0.0852. The van der Waals surface area contributed by atoms with Crippen LogP contribution in [0.3, 0.4) is 0 Å². The first-order valence-corrected chi connectivity index (χ1v) is 7.60. The minimum Gasteiger partial charge on any atom is -0.490 e. The molecule has 19 heavy (non-hydrogen) atoms. The maximum Gasteiger partial charge on any atom is 0.120 e. The summed E-state index contributed by atoms with van der Waals surface area (Å²) in [5, 5.41) is 3.54. The Kier molecular flexibility index (Phi) is 4.87. The molecule has 1 aromatic carbocycles. The van der Waals surface area contributed by atoms with Crippen molar-refractivity contribution in [2.75, 3.05) is 6.54 Å². The molecule has 1 aliphatic rings. The van der Waals surface area contributed by atoms with Gasteiger partial charge in [0.1, 0.15) is 11.9 Å². The summed E-state index contributed by atoms with van der Waals surface area (Å²) in [4.78, 5) is 0. The highest BCUT2D eigenvalue weighted by Gasteiger charge is 2.30. The largest absolute Gasteiger partial charge is 0.490 e. The van der Waals surface area contributed by atoms with Gasteiger partial charge in [-0.15, -0.1) is 0 Å². The van der Waals surface area contributed by atoms with Crippen molar-refractivity contribution in [2.24, 2.45) is 0 Å². The van der Waals surface area contributed by atoms with Crippen molar-refractivity contribution in [3.8, 4) is 5.75 Å². The fourth-order valence-electron chi connectivity index (χ4n) is 2.74. The van der Waals surface area contributed by atoms with Crippen LogP contribution in [0.4, 0.5) is 0 Å². The summed E-state index contributed by atoms with van der Waals surface area (Å²) < 4.78 is 6.04. The zero-order valence-corrected chi connectivity index (χ0v) is 12.7. The molecule has 1 N–H and O–H groups in total. The first-order chi connectivity index (χ1) is 9.10. The van der Waals surface area contributed by atoms with E-state index in [0.29, 0.717) is 18.1 Å². The van der Waals surface area contributed by atoms with Crippen LogP contribution in [-0.4, -0.2) is 18.7 Å². The molecule has 1 saturated carbocycles. The van der Waals surface area contributed by atoms with Gasteiger partial charge >= 0.3 is 0 Å². The molecule has 2 nitrogen and oxygen atoms in total. The molecule has 0 aromatic heterocycles. The minimum atomic E-state index is 0.402. The normalized spacial score (nSPS) is 22.4. The van der Waals surface area contributed by atoms with Crippen molar-refractivity contribution in [2.45, 2.75) is 65.0 Å². The van der Waals surface area contributed by atoms with E-state index in [1.807, 2.05) is 0 Å². The summed E-state index contributed by atoms with van der Waals surface area (Å²) in [5.74, 6) is 1.61. The van der Waals surface area contributed by atoms with Crippen LogP contribution in [0.1, 0.15) is 57.1 Å². The molecule has 0 heterocycles. The van der Waals surface area contributed by atoms with Crippen molar-refractivity contribution in [1.29, 1.82) is 0 Å². The number of aryl methyl sites for hydroxylation is 1. The first kappa shape index (κ1) is 14.4. The molecule has 0 unspecified atom stereocenters. The van der Waals surface area contributed by atoms with Crippen molar-refractivity contribution in [1.82, 2.24) is 5.32 Å². The van der Waals surface area contributed by atoms with E-state index >= 15 is 0 Å². The quantitative estimate of drug-likeness (QED) is 0.835. The Bertz CT molecular complexity index is 408. The van der Waals surface area contributed by atoms with E-state index in [4.69, 9.17) is 4.74 Å². The van der Waals surface area contributed by atoms with Crippen LogP contribution in [0, 0.1) is 6.92 Å². The Morgan fingerprint density at radius 2 is 2.05 bits per heavy atom. The second-order valence-corrected chi connectivity index (χ2v) is 6.04. The van der Waals surface area contributed by atoms with Crippen molar-refractivity contribution < 1.29 is 4.74 Å². The number of ether oxygens (including phenoxy) is 1. The van der Waals surface area contributed by atoms with E-state index in [0.717, 1.165) is 25.1 Å². The van der Waals surface area contributed by atoms with E-state index in [1.165, 1.54) is 17.5 Å². The van der Waals surface area contributed by atoms with Crippen LogP contribution in [0.15, 0.2) is 18.2 Å². The van der Waals surface area contributed by atoms with Gasteiger partial charge in [0.2, 0.25) is 0 Å². The minimum absolute atomic E-state index is 0.402. The van der Waals surface area contributed by atoms with Gasteiger partial charge < -0.3 is 10.1 Å². The molecule has 0 spiro atoms. The zero-order chi connectivity index (χ0) is 13.8. The zero-order valence-electron chi connectivity index (χ0n) is 12.7. The molecule has 0 bridgehead atoms. The maximum atomic E-state index is 6.04. The first-order valence-electron chi connectivity index (χ1n) is 7.60. The van der Waals surface area contributed by atoms with Crippen molar-refractivity contribution in [3.05, 3.63) is 29.3 Å². The van der Waals surface area contributed by atoms with Crippen LogP contribution in [0.5, 0.6) is 5.75 Å². The summed E-state index contributed by atoms with van der Waals surface area (Å²) in [6.07, 6.45) is 3.90. The molecular formula is C17H27NO. The molecule has 106 valence electrons. The molecule has 0 saturated heterocycles. The predicted molar refractivity (Wildman–Crippen MR) is 81.0 cm³/mol. The van der Waals surface area contributed by atoms with Gasteiger partial charge in [-0.25, -0.2) is 0 Å². The van der Waals surface area contributed by atoms with Crippen LogP contribution in [-0.2, 0) is 0 Å². The summed E-state index contributed by atoms with van der Waals surface area (Å²) >= 11 is 0. The Morgan fingerprint density at radius 3 is 2.63 bits per heavy atom. The molecule has 0 radical (unpaired) electrons. The molecule has 2 heteroatoms. The summed E-state index contributed by atoms with van der Waals surface area (Å²) in [6, 6.07) is 7.18. The van der Waals surface area contributed by atoms with Gasteiger partial charge in [0.25, 0.3) is 0 Å². The Labute approximate surface area is 117 Å². The monoisotopic (exact) mass is 261 g/mol. The van der Waals surface area contributed by atoms with Crippen molar-refractivity contribution >= 4 is 0 Å². The standard InChI is InChI=1S/C17H27NO/c1-5-8-18-14-10-16(11-14)19-15-6-7-17(12(2)3)13(4)9-15/h6-7,9,12,14,16,18H,5,8,10-11H2,1-4H3. The third-order valence-corrected chi connectivity index (χ3v) is 3.94. The second-order valence-electron chi connectivity index (χ2n) is 6.04. The second kappa shape index (κ2) is 6.42. The number of rotatable bonds is 6. The van der Waals surface area contributed by atoms with Gasteiger partial charge in [-0.3, -0.25) is 0 Å². The predicted octanol–water partition coefficient (Wildman–Crippen LogP) is 4.03. The molecule has 0 aliphatic heterocycles. The Balaban J connectivity index is 1.83. The highest BCUT2D eigenvalue weighted by atomic mass is 16.5. The van der Waals surface area contributed by atoms with Gasteiger partial charge in [-0.05, 0) is 61.9 Å². The number of hydrogen-bond donors (Lipinski definition) is 1. The molecular weight excluding hydrogens is 234 g/mol. The Hall–Kier alpha value is -1.02. The molecule has 2 rings (SSSR count).